The molecule has 1 aromatic carbocycles. The molecule has 0 N–H and O–H groups in total. The van der Waals surface area contributed by atoms with E-state index in [-0.39, 0.29) is 0 Å². The highest BCUT2D eigenvalue weighted by molar-refractivity contribution is 6.08. The normalized spacial score (nSPS) is 19.0. The van der Waals surface area contributed by atoms with Crippen molar-refractivity contribution < 1.29 is 14.4 Å². The van der Waals surface area contributed by atoms with Crippen LogP contribution in [0, 0.1) is 18.2 Å². The zero-order chi connectivity index (χ0) is 14.2. The quantitative estimate of drug-likeness (QED) is 0.454. The van der Waals surface area contributed by atoms with Crippen LogP contribution < -0.4 is 0 Å². The predicted octanol–water partition coefficient (Wildman–Crippen LogP) is 1.70. The first-order valence-corrected chi connectivity index (χ1v) is 2.68. The van der Waals surface area contributed by atoms with Crippen LogP contribution in [0.1, 0.15) is 25.5 Å². The summed E-state index contributed by atoms with van der Waals surface area (Å²) in [6.07, 6.45) is 0. The van der Waals surface area contributed by atoms with Gasteiger partial charge in [0, 0.05) is 9.68 Å². The Labute approximate surface area is 74.9 Å². The topological polar surface area (TPSA) is 40.9 Å². The number of nitriles is 1. The number of hydrogen-bond acceptors (Lipinski definition) is 2. The summed E-state index contributed by atoms with van der Waals surface area (Å²) >= 11 is 0. The number of rotatable bonds is 1. The molecule has 0 aliphatic heterocycles. The van der Waals surface area contributed by atoms with Crippen molar-refractivity contribution in [1.82, 2.24) is 0 Å². The predicted molar refractivity (Wildman–Crippen MR) is 41.1 cm³/mol. The Kier molecular flexibility index (Phi) is 0.665. The van der Waals surface area contributed by atoms with E-state index in [2.05, 4.69) is 0 Å². The smallest absolute Gasteiger partial charge is 0.262 e. The summed E-state index contributed by atoms with van der Waals surface area (Å²) in [5.74, 6) is -1.30. The molecule has 0 spiro atoms. The molecular formula is C9H7NO. The van der Waals surface area contributed by atoms with Gasteiger partial charge in [-0.25, -0.2) is 0 Å². The Balaban J connectivity index is 3.90. The largest absolute Gasteiger partial charge is 0.277 e. The molecule has 54 valence electrons. The minimum Gasteiger partial charge on any atom is -0.277 e. The maximum atomic E-state index is 11.4. The van der Waals surface area contributed by atoms with Crippen LogP contribution in [0.4, 0.5) is 0 Å². The summed E-state index contributed by atoms with van der Waals surface area (Å²) in [5.41, 5.74) is -1.61. The lowest BCUT2D eigenvalue weighted by atomic mass is 10.1. The molecule has 1 aromatic rings. The first-order chi connectivity index (χ1) is 8.12. The van der Waals surface area contributed by atoms with Crippen LogP contribution in [-0.4, -0.2) is 5.78 Å². The minimum atomic E-state index is -2.90. The second-order valence-corrected chi connectivity index (χ2v) is 1.69. The Morgan fingerprint density at radius 2 is 2.45 bits per heavy atom. The van der Waals surface area contributed by atoms with Crippen LogP contribution in [-0.2, 0) is 0 Å². The van der Waals surface area contributed by atoms with Gasteiger partial charge in [0.1, 0.15) is 6.07 Å². The molecule has 0 aromatic heterocycles. The van der Waals surface area contributed by atoms with E-state index >= 15 is 0 Å². The second kappa shape index (κ2) is 2.98. The van der Waals surface area contributed by atoms with Crippen molar-refractivity contribution in [2.75, 3.05) is 0 Å². The maximum absolute atomic E-state index is 11.4. The highest BCUT2D eigenvalue weighted by atomic mass is 16.1. The SMILES string of the molecule is [2H]c1c([2H])c([2H])c(C([2H])([2H])[2H])c(C(=O)C#N)c1[2H]. The van der Waals surface area contributed by atoms with Gasteiger partial charge >= 0.3 is 0 Å². The van der Waals surface area contributed by atoms with E-state index in [1.165, 1.54) is 6.07 Å². The molecule has 0 unspecified atom stereocenters. The number of hydrogen-bond donors (Lipinski definition) is 0. The van der Waals surface area contributed by atoms with Crippen molar-refractivity contribution in [1.29, 1.82) is 5.26 Å². The number of Topliss-reactive ketones (excluding diaryl/α,β-unsaturated/α-hetero) is 1. The summed E-state index contributed by atoms with van der Waals surface area (Å²) < 4.78 is 51.3. The summed E-state index contributed by atoms with van der Waals surface area (Å²) in [4.78, 5) is 11.4. The molecule has 0 saturated heterocycles. The van der Waals surface area contributed by atoms with E-state index < -0.39 is 47.9 Å². The third-order valence-electron chi connectivity index (χ3n) is 1.02. The molecule has 2 heteroatoms. The van der Waals surface area contributed by atoms with Crippen molar-refractivity contribution >= 4 is 5.78 Å². The zero-order valence-electron chi connectivity index (χ0n) is 12.4. The van der Waals surface area contributed by atoms with Gasteiger partial charge < -0.3 is 0 Å². The zero-order valence-corrected chi connectivity index (χ0v) is 5.36. The van der Waals surface area contributed by atoms with Crippen molar-refractivity contribution in [2.24, 2.45) is 0 Å². The van der Waals surface area contributed by atoms with Crippen LogP contribution in [0.15, 0.2) is 24.2 Å². The van der Waals surface area contributed by atoms with Gasteiger partial charge in [-0.2, -0.15) is 5.26 Å². The average Bonchev–Trinajstić information content (AvgIpc) is 2.28. The van der Waals surface area contributed by atoms with Crippen molar-refractivity contribution in [2.45, 2.75) is 6.85 Å². The van der Waals surface area contributed by atoms with E-state index in [1.807, 2.05) is 0 Å². The van der Waals surface area contributed by atoms with Crippen LogP contribution in [0.3, 0.4) is 0 Å². The van der Waals surface area contributed by atoms with E-state index in [1.54, 1.807) is 0 Å². The molecule has 11 heavy (non-hydrogen) atoms. The molecule has 1 rings (SSSR count). The van der Waals surface area contributed by atoms with Crippen LogP contribution >= 0.6 is 0 Å². The number of benzene rings is 1. The minimum absolute atomic E-state index is 0.744. The Bertz CT molecular complexity index is 570. The highest BCUT2D eigenvalue weighted by Gasteiger charge is 2.04. The van der Waals surface area contributed by atoms with Crippen molar-refractivity contribution in [3.05, 3.63) is 35.3 Å². The van der Waals surface area contributed by atoms with E-state index in [9.17, 15) is 4.79 Å². The fourth-order valence-corrected chi connectivity index (χ4v) is 0.539. The van der Waals surface area contributed by atoms with Crippen molar-refractivity contribution in [3.63, 3.8) is 0 Å². The third-order valence-corrected chi connectivity index (χ3v) is 1.02. The lowest BCUT2D eigenvalue weighted by molar-refractivity contribution is 0.105. The van der Waals surface area contributed by atoms with E-state index in [4.69, 9.17) is 14.9 Å². The number of carbonyl (C=O) groups excluding carboxylic acids is 1. The lowest BCUT2D eigenvalue weighted by Crippen LogP contribution is -1.96. The molecule has 0 radical (unpaired) electrons. The molecule has 0 aliphatic rings. The highest BCUT2D eigenvalue weighted by Crippen LogP contribution is 2.06. The van der Waals surface area contributed by atoms with Gasteiger partial charge in [0.15, 0.2) is 0 Å². The van der Waals surface area contributed by atoms with Crippen LogP contribution in [0.25, 0.3) is 0 Å². The van der Waals surface area contributed by atoms with E-state index in [0.717, 1.165) is 0 Å². The fourth-order valence-electron chi connectivity index (χ4n) is 0.539. The van der Waals surface area contributed by atoms with Gasteiger partial charge in [-0.15, -0.1) is 0 Å². The molecule has 0 aliphatic carbocycles. The molecule has 2 nitrogen and oxygen atoms in total. The van der Waals surface area contributed by atoms with E-state index in [0.29, 0.717) is 0 Å². The van der Waals surface area contributed by atoms with Gasteiger partial charge in [-0.1, -0.05) is 24.2 Å². The summed E-state index contributed by atoms with van der Waals surface area (Å²) in [5, 5.41) is 8.52. The molecule has 0 fully saturated rings. The van der Waals surface area contributed by atoms with Gasteiger partial charge in [0.2, 0.25) is 0 Å². The Morgan fingerprint density at radius 1 is 1.73 bits per heavy atom. The van der Waals surface area contributed by atoms with Crippen LogP contribution in [0.2, 0.25) is 0 Å². The maximum Gasteiger partial charge on any atom is 0.262 e. The molecular weight excluding hydrogens is 138 g/mol. The van der Waals surface area contributed by atoms with Gasteiger partial charge in [-0.3, -0.25) is 4.79 Å². The number of carbonyl (C=O) groups is 1. The second-order valence-electron chi connectivity index (χ2n) is 1.69. The first-order valence-electron chi connectivity index (χ1n) is 6.18. The molecule has 0 saturated carbocycles. The summed E-state index contributed by atoms with van der Waals surface area (Å²) in [6, 6.07) is -1.96. The Hall–Kier alpha value is -1.62. The Morgan fingerprint density at radius 3 is 3.09 bits per heavy atom. The number of nitrogens with zero attached hydrogens (tertiary/aromatic N) is 1. The standard InChI is InChI=1S/C9H7NO/c1-7-4-2-3-5-8(7)9(11)6-10/h2-5H,1H3/i1D3,2D,3D,4D,5D. The average molecular weight is 152 g/mol. The monoisotopic (exact) mass is 152 g/mol. The van der Waals surface area contributed by atoms with Crippen molar-refractivity contribution in [3.8, 4) is 6.07 Å². The molecule has 0 atom stereocenters. The van der Waals surface area contributed by atoms with Gasteiger partial charge in [-0.05, 0) is 12.4 Å². The molecule has 0 heterocycles. The molecule has 0 amide bonds. The summed E-state index contributed by atoms with van der Waals surface area (Å²) in [6.45, 7) is -2.90. The van der Waals surface area contributed by atoms with Crippen LogP contribution in [0.5, 0.6) is 0 Å². The third kappa shape index (κ3) is 1.44. The van der Waals surface area contributed by atoms with Gasteiger partial charge in [0.25, 0.3) is 5.78 Å². The fraction of sp³-hybridized carbons (Fsp3) is 0.111. The van der Waals surface area contributed by atoms with Gasteiger partial charge in [0.05, 0.1) is 5.48 Å². The summed E-state index contributed by atoms with van der Waals surface area (Å²) in [7, 11) is 0. The first kappa shape index (κ1) is 2.46. The lowest BCUT2D eigenvalue weighted by Gasteiger charge is -1.96. The number of ketones is 1. The molecule has 0 bridgehead atoms.